The molecule has 2 aromatic heterocycles. The number of nitrogens with one attached hydrogen (secondary N) is 2. The molecule has 0 saturated carbocycles. The molecule has 0 spiro atoms. The van der Waals surface area contributed by atoms with Crippen LogP contribution < -0.4 is 20.1 Å². The highest BCUT2D eigenvalue weighted by molar-refractivity contribution is 7.12. The molecule has 2 N–H and O–H groups in total. The Hall–Kier alpha value is -3.39. The van der Waals surface area contributed by atoms with Crippen molar-refractivity contribution >= 4 is 28.8 Å². The molecule has 0 saturated heterocycles. The molecule has 7 nitrogen and oxygen atoms in total. The molecule has 29 heavy (non-hydrogen) atoms. The highest BCUT2D eigenvalue weighted by atomic mass is 32.1. The molecular formula is C21H21N3O4S. The zero-order chi connectivity index (χ0) is 20.8. The van der Waals surface area contributed by atoms with Crippen LogP contribution >= 0.6 is 11.3 Å². The van der Waals surface area contributed by atoms with E-state index in [9.17, 15) is 9.59 Å². The number of hydrogen-bond donors (Lipinski definition) is 2. The van der Waals surface area contributed by atoms with Crippen molar-refractivity contribution in [3.05, 3.63) is 70.2 Å². The monoisotopic (exact) mass is 411 g/mol. The fourth-order valence-electron chi connectivity index (χ4n) is 2.74. The smallest absolute Gasteiger partial charge is 0.265 e. The van der Waals surface area contributed by atoms with E-state index in [-0.39, 0.29) is 23.4 Å². The minimum absolute atomic E-state index is 0.260. The van der Waals surface area contributed by atoms with Gasteiger partial charge in [0.05, 0.1) is 42.1 Å². The van der Waals surface area contributed by atoms with Gasteiger partial charge in [-0.15, -0.1) is 11.3 Å². The summed E-state index contributed by atoms with van der Waals surface area (Å²) in [5.74, 6) is 0.116. The van der Waals surface area contributed by atoms with E-state index in [2.05, 4.69) is 15.6 Å². The Bertz CT molecular complexity index is 991. The van der Waals surface area contributed by atoms with E-state index in [4.69, 9.17) is 9.47 Å². The number of methoxy groups -OCH3 is 2. The first kappa shape index (κ1) is 20.3. The first-order chi connectivity index (χ1) is 14.0. The molecule has 1 atom stereocenters. The Morgan fingerprint density at radius 1 is 1.03 bits per heavy atom. The van der Waals surface area contributed by atoms with Crippen molar-refractivity contribution < 1.29 is 19.1 Å². The maximum atomic E-state index is 13.0. The third kappa shape index (κ3) is 4.72. The first-order valence-corrected chi connectivity index (χ1v) is 9.74. The quantitative estimate of drug-likeness (QED) is 0.615. The van der Waals surface area contributed by atoms with E-state index in [0.717, 1.165) is 5.69 Å². The van der Waals surface area contributed by atoms with Gasteiger partial charge in [-0.25, -0.2) is 0 Å². The Labute approximate surface area is 172 Å². The summed E-state index contributed by atoms with van der Waals surface area (Å²) >= 11 is 1.31. The maximum absolute atomic E-state index is 13.0. The largest absolute Gasteiger partial charge is 0.493 e. The van der Waals surface area contributed by atoms with Crippen LogP contribution in [0.1, 0.15) is 38.7 Å². The maximum Gasteiger partial charge on any atom is 0.265 e. The summed E-state index contributed by atoms with van der Waals surface area (Å²) in [7, 11) is 2.98. The molecule has 8 heteroatoms. The third-order valence-electron chi connectivity index (χ3n) is 4.24. The Morgan fingerprint density at radius 2 is 1.79 bits per heavy atom. The fourth-order valence-corrected chi connectivity index (χ4v) is 3.36. The summed E-state index contributed by atoms with van der Waals surface area (Å²) in [6.07, 6.45) is 1.67. The van der Waals surface area contributed by atoms with Gasteiger partial charge in [0.25, 0.3) is 11.8 Å². The molecule has 0 fully saturated rings. The molecular weight excluding hydrogens is 390 g/mol. The lowest BCUT2D eigenvalue weighted by Crippen LogP contribution is -2.28. The van der Waals surface area contributed by atoms with Crippen LogP contribution in [-0.2, 0) is 0 Å². The molecule has 0 aliphatic heterocycles. The second-order valence-electron chi connectivity index (χ2n) is 6.13. The van der Waals surface area contributed by atoms with Crippen molar-refractivity contribution in [3.63, 3.8) is 0 Å². The van der Waals surface area contributed by atoms with Crippen LogP contribution in [0.2, 0.25) is 0 Å². The summed E-state index contributed by atoms with van der Waals surface area (Å²) in [4.78, 5) is 30.3. The number of aromatic nitrogens is 1. The van der Waals surface area contributed by atoms with Crippen molar-refractivity contribution in [2.45, 2.75) is 13.0 Å². The number of hydrogen-bond acceptors (Lipinski definition) is 6. The van der Waals surface area contributed by atoms with Crippen LogP contribution in [0.25, 0.3) is 0 Å². The summed E-state index contributed by atoms with van der Waals surface area (Å²) in [6.45, 7) is 1.84. The second-order valence-corrected chi connectivity index (χ2v) is 7.08. The van der Waals surface area contributed by atoms with Gasteiger partial charge >= 0.3 is 0 Å². The normalized spacial score (nSPS) is 11.4. The summed E-state index contributed by atoms with van der Waals surface area (Å²) in [5, 5.41) is 7.51. The summed E-state index contributed by atoms with van der Waals surface area (Å²) < 4.78 is 10.6. The molecule has 0 radical (unpaired) electrons. The number of anilines is 1. The summed E-state index contributed by atoms with van der Waals surface area (Å²) in [5.41, 5.74) is 1.31. The lowest BCUT2D eigenvalue weighted by Gasteiger charge is -2.18. The Morgan fingerprint density at radius 3 is 2.41 bits per heavy atom. The van der Waals surface area contributed by atoms with E-state index in [0.29, 0.717) is 22.1 Å². The number of ether oxygens (including phenoxy) is 2. The number of carbonyl (C=O) groups excluding carboxylic acids is 2. The van der Waals surface area contributed by atoms with Crippen molar-refractivity contribution in [1.82, 2.24) is 10.3 Å². The highest BCUT2D eigenvalue weighted by Crippen LogP contribution is 2.34. The van der Waals surface area contributed by atoms with Gasteiger partial charge in [-0.05, 0) is 36.6 Å². The van der Waals surface area contributed by atoms with Crippen molar-refractivity contribution in [2.24, 2.45) is 0 Å². The van der Waals surface area contributed by atoms with Crippen molar-refractivity contribution in [1.29, 1.82) is 0 Å². The van der Waals surface area contributed by atoms with Crippen molar-refractivity contribution in [3.8, 4) is 11.5 Å². The number of nitrogens with zero attached hydrogens (tertiary/aromatic N) is 1. The van der Waals surface area contributed by atoms with Gasteiger partial charge in [-0.2, -0.15) is 0 Å². The Kier molecular flexibility index (Phi) is 6.46. The van der Waals surface area contributed by atoms with Crippen molar-refractivity contribution in [2.75, 3.05) is 19.5 Å². The van der Waals surface area contributed by atoms with Crippen LogP contribution in [0, 0.1) is 0 Å². The van der Waals surface area contributed by atoms with Gasteiger partial charge in [-0.1, -0.05) is 12.1 Å². The number of amides is 2. The zero-order valence-corrected chi connectivity index (χ0v) is 17.1. The van der Waals surface area contributed by atoms with Gasteiger partial charge in [0.2, 0.25) is 0 Å². The molecule has 150 valence electrons. The van der Waals surface area contributed by atoms with Gasteiger partial charge in [0, 0.05) is 12.3 Å². The lowest BCUT2D eigenvalue weighted by molar-refractivity contribution is 0.0939. The van der Waals surface area contributed by atoms with Crippen LogP contribution in [0.5, 0.6) is 11.5 Å². The fraction of sp³-hybridized carbons (Fsp3) is 0.190. The predicted molar refractivity (Wildman–Crippen MR) is 112 cm³/mol. The lowest BCUT2D eigenvalue weighted by atomic mass is 10.1. The molecule has 0 bridgehead atoms. The average Bonchev–Trinajstić information content (AvgIpc) is 3.29. The zero-order valence-electron chi connectivity index (χ0n) is 16.3. The highest BCUT2D eigenvalue weighted by Gasteiger charge is 2.21. The molecule has 0 aliphatic carbocycles. The van der Waals surface area contributed by atoms with Crippen LogP contribution in [0.4, 0.5) is 5.69 Å². The third-order valence-corrected chi connectivity index (χ3v) is 5.11. The van der Waals surface area contributed by atoms with Gasteiger partial charge < -0.3 is 20.1 Å². The number of thiophene rings is 1. The first-order valence-electron chi connectivity index (χ1n) is 8.86. The molecule has 2 amide bonds. The molecule has 1 aromatic carbocycles. The van der Waals surface area contributed by atoms with E-state index in [1.54, 1.807) is 30.5 Å². The van der Waals surface area contributed by atoms with E-state index in [1.807, 2.05) is 30.5 Å². The van der Waals surface area contributed by atoms with Crippen LogP contribution in [0.3, 0.4) is 0 Å². The van der Waals surface area contributed by atoms with E-state index >= 15 is 0 Å². The molecule has 3 aromatic rings. The van der Waals surface area contributed by atoms with Gasteiger partial charge in [-0.3, -0.25) is 14.6 Å². The van der Waals surface area contributed by atoms with Crippen LogP contribution in [-0.4, -0.2) is 31.0 Å². The number of carbonyl (C=O) groups is 2. The predicted octanol–water partition coefficient (Wildman–Crippen LogP) is 3.90. The molecule has 0 unspecified atom stereocenters. The SMILES string of the molecule is COc1cc(NC(=O)c2cccs2)c(C(=O)N[C@H](C)c2ccccn2)cc1OC. The number of benzene rings is 1. The molecule has 0 aliphatic rings. The van der Waals surface area contributed by atoms with Crippen LogP contribution in [0.15, 0.2) is 54.0 Å². The topological polar surface area (TPSA) is 89.5 Å². The molecule has 2 heterocycles. The molecule has 3 rings (SSSR count). The second kappa shape index (κ2) is 9.20. The summed E-state index contributed by atoms with van der Waals surface area (Å²) in [6, 6.07) is 11.8. The van der Waals surface area contributed by atoms with E-state index in [1.165, 1.54) is 25.6 Å². The minimum atomic E-state index is -0.370. The van der Waals surface area contributed by atoms with E-state index < -0.39 is 0 Å². The number of rotatable bonds is 7. The standard InChI is InChI=1S/C21H21N3O4S/c1-13(15-7-4-5-9-22-15)23-20(25)14-11-17(27-2)18(28-3)12-16(14)24-21(26)19-8-6-10-29-19/h4-13H,1-3H3,(H,23,25)(H,24,26)/t13-/m1/s1. The van der Waals surface area contributed by atoms with Gasteiger partial charge in [0.15, 0.2) is 11.5 Å². The number of pyridine rings is 1. The minimum Gasteiger partial charge on any atom is -0.493 e. The Balaban J connectivity index is 1.92. The van der Waals surface area contributed by atoms with Gasteiger partial charge in [0.1, 0.15) is 0 Å². The average molecular weight is 411 g/mol.